The van der Waals surface area contributed by atoms with E-state index >= 15 is 0 Å². The molecular weight excluding hydrogens is 297 g/mol. The molecule has 1 aliphatic heterocycles. The first-order valence-electron chi connectivity index (χ1n) is 8.00. The molecule has 4 nitrogen and oxygen atoms in total. The van der Waals surface area contributed by atoms with Crippen molar-refractivity contribution in [3.8, 4) is 0 Å². The van der Waals surface area contributed by atoms with Crippen molar-refractivity contribution >= 4 is 0 Å². The molecule has 2 unspecified atom stereocenters. The van der Waals surface area contributed by atoms with Gasteiger partial charge < -0.3 is 14.3 Å². The molecule has 23 heavy (non-hydrogen) atoms. The van der Waals surface area contributed by atoms with Gasteiger partial charge in [0.1, 0.15) is 11.6 Å². The molecule has 5 heteroatoms. The van der Waals surface area contributed by atoms with Crippen LogP contribution in [0.3, 0.4) is 0 Å². The number of halogens is 1. The van der Waals surface area contributed by atoms with E-state index in [9.17, 15) is 9.50 Å². The van der Waals surface area contributed by atoms with Crippen molar-refractivity contribution in [3.05, 3.63) is 59.8 Å². The van der Waals surface area contributed by atoms with Crippen molar-refractivity contribution < 1.29 is 18.7 Å². The van der Waals surface area contributed by atoms with E-state index in [0.29, 0.717) is 18.7 Å². The summed E-state index contributed by atoms with van der Waals surface area (Å²) in [4.78, 5) is 2.13. The summed E-state index contributed by atoms with van der Waals surface area (Å²) >= 11 is 0. The Labute approximate surface area is 135 Å². The minimum Gasteiger partial charge on any atom is -0.468 e. The van der Waals surface area contributed by atoms with Crippen LogP contribution in [0.25, 0.3) is 0 Å². The third-order valence-corrected chi connectivity index (χ3v) is 4.13. The summed E-state index contributed by atoms with van der Waals surface area (Å²) in [5.74, 6) is 0.557. The fourth-order valence-corrected chi connectivity index (χ4v) is 2.94. The minimum atomic E-state index is -0.674. The van der Waals surface area contributed by atoms with Gasteiger partial charge in [0.05, 0.1) is 25.0 Å². The Bertz CT molecular complexity index is 579. The standard InChI is InChI=1S/C18H22FNO3/c19-15-7-5-14(6-8-15)18(21)13-20(11-16-3-1-9-22-16)12-17-4-2-10-23-17/h1,3,5-9,17-18,21H,2,4,10-13H2. The molecule has 2 atom stereocenters. The van der Waals surface area contributed by atoms with Gasteiger partial charge >= 0.3 is 0 Å². The van der Waals surface area contributed by atoms with Gasteiger partial charge in [-0.3, -0.25) is 4.90 Å². The first kappa shape index (κ1) is 16.2. The van der Waals surface area contributed by atoms with Crippen LogP contribution in [-0.2, 0) is 11.3 Å². The molecule has 0 radical (unpaired) electrons. The van der Waals surface area contributed by atoms with Crippen LogP contribution in [0.1, 0.15) is 30.3 Å². The van der Waals surface area contributed by atoms with E-state index in [4.69, 9.17) is 9.15 Å². The van der Waals surface area contributed by atoms with Crippen molar-refractivity contribution in [1.29, 1.82) is 0 Å². The van der Waals surface area contributed by atoms with Crippen molar-refractivity contribution in [2.45, 2.75) is 31.6 Å². The van der Waals surface area contributed by atoms with Gasteiger partial charge in [-0.25, -0.2) is 4.39 Å². The highest BCUT2D eigenvalue weighted by Crippen LogP contribution is 2.20. The summed E-state index contributed by atoms with van der Waals surface area (Å²) in [5.41, 5.74) is 0.711. The number of aliphatic hydroxyl groups is 1. The zero-order valence-corrected chi connectivity index (χ0v) is 13.0. The molecule has 1 aliphatic rings. The highest BCUT2D eigenvalue weighted by molar-refractivity contribution is 5.18. The maximum absolute atomic E-state index is 13.0. The summed E-state index contributed by atoms with van der Waals surface area (Å²) in [7, 11) is 0. The van der Waals surface area contributed by atoms with Gasteiger partial charge in [0.15, 0.2) is 0 Å². The molecule has 1 saturated heterocycles. The minimum absolute atomic E-state index is 0.199. The summed E-state index contributed by atoms with van der Waals surface area (Å²) in [5, 5.41) is 10.4. The molecular formula is C18H22FNO3. The molecule has 1 aromatic heterocycles. The second-order valence-electron chi connectivity index (χ2n) is 5.98. The Morgan fingerprint density at radius 3 is 2.74 bits per heavy atom. The van der Waals surface area contributed by atoms with Crippen LogP contribution in [0.4, 0.5) is 4.39 Å². The number of ether oxygens (including phenoxy) is 1. The van der Waals surface area contributed by atoms with Crippen LogP contribution >= 0.6 is 0 Å². The predicted molar refractivity (Wildman–Crippen MR) is 84.3 cm³/mol. The zero-order chi connectivity index (χ0) is 16.1. The van der Waals surface area contributed by atoms with Crippen molar-refractivity contribution in [1.82, 2.24) is 4.90 Å². The average molecular weight is 319 g/mol. The number of furan rings is 1. The molecule has 3 rings (SSSR count). The molecule has 124 valence electrons. The number of aliphatic hydroxyl groups excluding tert-OH is 1. The van der Waals surface area contributed by atoms with Gasteiger partial charge in [0, 0.05) is 19.7 Å². The SMILES string of the molecule is OC(CN(Cc1ccco1)CC1CCCO1)c1ccc(F)cc1. The molecule has 1 fully saturated rings. The largest absolute Gasteiger partial charge is 0.468 e. The second-order valence-corrected chi connectivity index (χ2v) is 5.98. The van der Waals surface area contributed by atoms with Crippen molar-refractivity contribution in [2.24, 2.45) is 0 Å². The van der Waals surface area contributed by atoms with Gasteiger partial charge in [-0.15, -0.1) is 0 Å². The Hall–Kier alpha value is -1.69. The van der Waals surface area contributed by atoms with Gasteiger partial charge in [-0.2, -0.15) is 0 Å². The lowest BCUT2D eigenvalue weighted by molar-refractivity contribution is 0.0433. The lowest BCUT2D eigenvalue weighted by Gasteiger charge is -2.26. The molecule has 0 spiro atoms. The Morgan fingerprint density at radius 1 is 1.26 bits per heavy atom. The zero-order valence-electron chi connectivity index (χ0n) is 13.0. The predicted octanol–water partition coefficient (Wildman–Crippen LogP) is 3.13. The lowest BCUT2D eigenvalue weighted by Crippen LogP contribution is -2.35. The number of rotatable bonds is 7. The maximum Gasteiger partial charge on any atom is 0.123 e. The smallest absolute Gasteiger partial charge is 0.123 e. The Morgan fingerprint density at radius 2 is 2.09 bits per heavy atom. The van der Waals surface area contributed by atoms with E-state index in [1.165, 1.54) is 12.1 Å². The molecule has 0 amide bonds. The van der Waals surface area contributed by atoms with Crippen LogP contribution in [0.15, 0.2) is 47.1 Å². The molecule has 2 heterocycles. The van der Waals surface area contributed by atoms with E-state index in [1.54, 1.807) is 18.4 Å². The van der Waals surface area contributed by atoms with E-state index in [1.807, 2.05) is 12.1 Å². The number of nitrogens with zero attached hydrogens (tertiary/aromatic N) is 1. The first-order chi connectivity index (χ1) is 11.2. The number of benzene rings is 1. The molecule has 0 saturated carbocycles. The summed E-state index contributed by atoms with van der Waals surface area (Å²) in [6, 6.07) is 9.77. The van der Waals surface area contributed by atoms with Crippen LogP contribution in [0, 0.1) is 5.82 Å². The normalized spacial score (nSPS) is 19.3. The molecule has 0 bridgehead atoms. The Balaban J connectivity index is 1.64. The van der Waals surface area contributed by atoms with Crippen LogP contribution in [-0.4, -0.2) is 35.8 Å². The van der Waals surface area contributed by atoms with Gasteiger partial charge in [-0.05, 0) is 42.7 Å². The van der Waals surface area contributed by atoms with E-state index in [-0.39, 0.29) is 11.9 Å². The fourth-order valence-electron chi connectivity index (χ4n) is 2.94. The summed E-state index contributed by atoms with van der Waals surface area (Å²) in [6.45, 7) is 2.62. The summed E-state index contributed by atoms with van der Waals surface area (Å²) < 4.78 is 24.1. The van der Waals surface area contributed by atoms with Crippen LogP contribution < -0.4 is 0 Å². The quantitative estimate of drug-likeness (QED) is 0.852. The maximum atomic E-state index is 13.0. The number of hydrogen-bond donors (Lipinski definition) is 1. The number of hydrogen-bond acceptors (Lipinski definition) is 4. The van der Waals surface area contributed by atoms with E-state index in [2.05, 4.69) is 4.90 Å². The molecule has 2 aromatic rings. The van der Waals surface area contributed by atoms with Gasteiger partial charge in [0.2, 0.25) is 0 Å². The molecule has 1 N–H and O–H groups in total. The Kier molecular flexibility index (Phi) is 5.43. The van der Waals surface area contributed by atoms with Crippen molar-refractivity contribution in [3.63, 3.8) is 0 Å². The third kappa shape index (κ3) is 4.64. The third-order valence-electron chi connectivity index (χ3n) is 4.13. The van der Waals surface area contributed by atoms with Crippen molar-refractivity contribution in [2.75, 3.05) is 19.7 Å². The van der Waals surface area contributed by atoms with Gasteiger partial charge in [-0.1, -0.05) is 12.1 Å². The highest BCUT2D eigenvalue weighted by atomic mass is 19.1. The summed E-state index contributed by atoms with van der Waals surface area (Å²) in [6.07, 6.45) is 3.30. The highest BCUT2D eigenvalue weighted by Gasteiger charge is 2.22. The molecule has 0 aliphatic carbocycles. The van der Waals surface area contributed by atoms with Crippen LogP contribution in [0.5, 0.6) is 0 Å². The lowest BCUT2D eigenvalue weighted by atomic mass is 10.1. The van der Waals surface area contributed by atoms with Crippen LogP contribution in [0.2, 0.25) is 0 Å². The van der Waals surface area contributed by atoms with Gasteiger partial charge in [0.25, 0.3) is 0 Å². The van der Waals surface area contributed by atoms with E-state index < -0.39 is 6.10 Å². The monoisotopic (exact) mass is 319 g/mol. The second kappa shape index (κ2) is 7.73. The topological polar surface area (TPSA) is 45.8 Å². The van der Waals surface area contributed by atoms with E-state index in [0.717, 1.165) is 31.8 Å². The first-order valence-corrected chi connectivity index (χ1v) is 8.00. The average Bonchev–Trinajstić information content (AvgIpc) is 3.21. The molecule has 1 aromatic carbocycles. The fraction of sp³-hybridized carbons (Fsp3) is 0.444.